The minimum atomic E-state index is -5.51. The molecule has 0 aliphatic carbocycles. The lowest BCUT2D eigenvalue weighted by molar-refractivity contribution is -0.202. The van der Waals surface area contributed by atoms with Crippen LogP contribution in [-0.2, 0) is 30.9 Å². The molecule has 3 rings (SSSR count). The number of rotatable bonds is 10. The number of benzene rings is 2. The second-order valence-corrected chi connectivity index (χ2v) is 10.8. The Hall–Kier alpha value is -4.28. The van der Waals surface area contributed by atoms with Gasteiger partial charge in [0, 0.05) is 18.0 Å². The number of hydrogen-bond acceptors (Lipinski definition) is 8. The number of alkyl halides is 3. The lowest BCUT2D eigenvalue weighted by Crippen LogP contribution is -2.50. The topological polar surface area (TPSA) is 181 Å². The molecule has 0 bridgehead atoms. The summed E-state index contributed by atoms with van der Waals surface area (Å²) in [4.78, 5) is 36.7. The van der Waals surface area contributed by atoms with Crippen molar-refractivity contribution >= 4 is 45.2 Å². The molecule has 1 amide bonds. The maximum Gasteiger partial charge on any atom is 0.491 e. The number of halogens is 3. The van der Waals surface area contributed by atoms with E-state index in [1.165, 1.54) is 36.4 Å². The highest BCUT2D eigenvalue weighted by Gasteiger charge is 2.44. The number of nitrogens with one attached hydrogen (secondary N) is 4. The van der Waals surface area contributed by atoms with Crippen LogP contribution in [0.2, 0.25) is 0 Å². The molecule has 0 fully saturated rings. The summed E-state index contributed by atoms with van der Waals surface area (Å²) < 4.78 is 68.8. The van der Waals surface area contributed by atoms with Crippen LogP contribution in [0.25, 0.3) is 10.4 Å². The molecule has 0 saturated heterocycles. The first-order chi connectivity index (χ1) is 18.8. The Morgan fingerprint density at radius 1 is 1.00 bits per heavy atom. The monoisotopic (exact) mass is 597 g/mol. The molecule has 2 aromatic carbocycles. The number of nitrogens with two attached hydrogens (primary N) is 1. The Balaban J connectivity index is 1.75. The molecule has 212 valence electrons. The van der Waals surface area contributed by atoms with Gasteiger partial charge in [-0.25, -0.2) is 18.0 Å². The van der Waals surface area contributed by atoms with Crippen molar-refractivity contribution < 1.29 is 40.7 Å². The fourth-order valence-corrected chi connectivity index (χ4v) is 5.30. The third kappa shape index (κ3) is 8.36. The Bertz CT molecular complexity index is 1510. The molecule has 40 heavy (non-hydrogen) atoms. The van der Waals surface area contributed by atoms with Crippen LogP contribution in [0.3, 0.4) is 0 Å². The Labute approximate surface area is 230 Å². The summed E-state index contributed by atoms with van der Waals surface area (Å²) in [6, 6.07) is 14.8. The first kappa shape index (κ1) is 30.3. The van der Waals surface area contributed by atoms with E-state index in [0.29, 0.717) is 11.4 Å². The van der Waals surface area contributed by atoms with Gasteiger partial charge in [0.25, 0.3) is 5.91 Å². The number of guanidine groups is 1. The summed E-state index contributed by atoms with van der Waals surface area (Å²) in [5, 5.41) is 12.2. The minimum absolute atomic E-state index is 0.145. The van der Waals surface area contributed by atoms with Gasteiger partial charge in [-0.05, 0) is 41.5 Å². The third-order valence-electron chi connectivity index (χ3n) is 5.05. The van der Waals surface area contributed by atoms with Crippen molar-refractivity contribution in [3.63, 3.8) is 0 Å². The quantitative estimate of drug-likeness (QED) is 0.102. The van der Waals surface area contributed by atoms with E-state index in [0.717, 1.165) is 22.5 Å². The van der Waals surface area contributed by atoms with Crippen molar-refractivity contribution in [2.45, 2.75) is 23.7 Å². The normalized spacial score (nSPS) is 12.3. The van der Waals surface area contributed by atoms with Crippen molar-refractivity contribution in [1.82, 2.24) is 15.4 Å². The largest absolute Gasteiger partial charge is 0.491 e. The maximum absolute atomic E-state index is 12.8. The molecule has 1 heterocycles. The van der Waals surface area contributed by atoms with Crippen molar-refractivity contribution in [3.8, 4) is 10.4 Å². The van der Waals surface area contributed by atoms with E-state index in [1.807, 2.05) is 10.8 Å². The SMILES string of the molecule is N=C(N)NCc1cccc(-c2ccc(C(=O)NCC(NS(=O)(=O)c3ccccc3)C(=O)OC(=O)C(F)(F)F)s2)c1. The van der Waals surface area contributed by atoms with Gasteiger partial charge < -0.3 is 21.1 Å². The van der Waals surface area contributed by atoms with Gasteiger partial charge >= 0.3 is 18.1 Å². The number of hydrogen-bond donors (Lipinski definition) is 5. The summed E-state index contributed by atoms with van der Waals surface area (Å²) in [6.45, 7) is -0.524. The molecule has 1 atom stereocenters. The van der Waals surface area contributed by atoms with Crippen molar-refractivity contribution in [3.05, 3.63) is 77.2 Å². The van der Waals surface area contributed by atoms with Gasteiger partial charge in [0.05, 0.1) is 9.77 Å². The molecule has 1 aromatic heterocycles. The van der Waals surface area contributed by atoms with Gasteiger partial charge in [-0.1, -0.05) is 36.4 Å². The number of carbonyl (C=O) groups is 3. The summed E-state index contributed by atoms with van der Waals surface area (Å²) >= 11 is 1.05. The van der Waals surface area contributed by atoms with Gasteiger partial charge in [0.1, 0.15) is 6.04 Å². The number of thiophene rings is 1. The first-order valence-corrected chi connectivity index (χ1v) is 13.5. The van der Waals surface area contributed by atoms with Crippen LogP contribution in [0, 0.1) is 5.41 Å². The second-order valence-electron chi connectivity index (χ2n) is 8.03. The highest BCUT2D eigenvalue weighted by Crippen LogP contribution is 2.29. The van der Waals surface area contributed by atoms with E-state index in [1.54, 1.807) is 24.3 Å². The van der Waals surface area contributed by atoms with Crippen LogP contribution in [0.5, 0.6) is 0 Å². The molecule has 3 aromatic rings. The third-order valence-corrected chi connectivity index (χ3v) is 7.67. The van der Waals surface area contributed by atoms with Gasteiger partial charge in [0.15, 0.2) is 5.96 Å². The van der Waals surface area contributed by atoms with E-state index >= 15 is 0 Å². The fourth-order valence-electron chi connectivity index (χ4n) is 3.18. The summed E-state index contributed by atoms with van der Waals surface area (Å²) in [5.74, 6) is -5.65. The lowest BCUT2D eigenvalue weighted by atomic mass is 10.1. The highest BCUT2D eigenvalue weighted by molar-refractivity contribution is 7.89. The average molecular weight is 598 g/mol. The molecule has 0 aliphatic rings. The second kappa shape index (κ2) is 12.7. The Morgan fingerprint density at radius 3 is 2.35 bits per heavy atom. The van der Waals surface area contributed by atoms with Crippen LogP contribution < -0.4 is 21.1 Å². The van der Waals surface area contributed by atoms with E-state index in [2.05, 4.69) is 15.4 Å². The molecule has 1 unspecified atom stereocenters. The highest BCUT2D eigenvalue weighted by atomic mass is 32.2. The predicted molar refractivity (Wildman–Crippen MR) is 139 cm³/mol. The van der Waals surface area contributed by atoms with Gasteiger partial charge in [0.2, 0.25) is 10.0 Å². The van der Waals surface area contributed by atoms with E-state index < -0.39 is 46.6 Å². The van der Waals surface area contributed by atoms with Gasteiger partial charge in [-0.3, -0.25) is 10.2 Å². The van der Waals surface area contributed by atoms with Crippen LogP contribution in [0.4, 0.5) is 13.2 Å². The average Bonchev–Trinajstić information content (AvgIpc) is 3.40. The zero-order valence-corrected chi connectivity index (χ0v) is 22.0. The maximum atomic E-state index is 12.8. The molecule has 0 aliphatic heterocycles. The molecule has 11 nitrogen and oxygen atoms in total. The molecule has 6 N–H and O–H groups in total. The zero-order chi connectivity index (χ0) is 29.5. The van der Waals surface area contributed by atoms with Crippen LogP contribution >= 0.6 is 11.3 Å². The minimum Gasteiger partial charge on any atom is -0.385 e. The number of ether oxygens (including phenoxy) is 1. The molecular weight excluding hydrogens is 575 g/mol. The molecular formula is C24H22F3N5O6S2. The summed E-state index contributed by atoms with van der Waals surface area (Å²) in [5.41, 5.74) is 6.85. The summed E-state index contributed by atoms with van der Waals surface area (Å²) in [7, 11) is -4.45. The first-order valence-electron chi connectivity index (χ1n) is 11.2. The fraction of sp³-hybridized carbons (Fsp3) is 0.167. The summed E-state index contributed by atoms with van der Waals surface area (Å²) in [6.07, 6.45) is -5.51. The number of esters is 2. The predicted octanol–water partition coefficient (Wildman–Crippen LogP) is 2.11. The van der Waals surface area contributed by atoms with E-state index in [4.69, 9.17) is 11.1 Å². The Morgan fingerprint density at radius 2 is 1.70 bits per heavy atom. The lowest BCUT2D eigenvalue weighted by Gasteiger charge is -2.18. The number of sulfonamides is 1. The molecule has 16 heteroatoms. The van der Waals surface area contributed by atoms with Crippen molar-refractivity contribution in [2.75, 3.05) is 6.54 Å². The van der Waals surface area contributed by atoms with E-state index in [9.17, 15) is 36.0 Å². The number of amides is 1. The van der Waals surface area contributed by atoms with E-state index in [-0.39, 0.29) is 15.7 Å². The number of carbonyl (C=O) groups excluding carboxylic acids is 3. The molecule has 0 radical (unpaired) electrons. The van der Waals surface area contributed by atoms with Crippen LogP contribution in [0.1, 0.15) is 15.2 Å². The van der Waals surface area contributed by atoms with Crippen molar-refractivity contribution in [2.24, 2.45) is 5.73 Å². The van der Waals surface area contributed by atoms with Crippen LogP contribution in [0.15, 0.2) is 71.6 Å². The van der Waals surface area contributed by atoms with Gasteiger partial charge in [-0.15, -0.1) is 11.3 Å². The standard InChI is InChI=1S/C24H22F3N5O6S2/c25-24(26,27)22(35)38-21(34)17(32-40(36,37)16-7-2-1-3-8-16)13-30-20(33)19-10-9-18(39-19)15-6-4-5-14(11-15)12-31-23(28)29/h1-11,17,32H,12-13H2,(H,30,33)(H4,28,29,31). The Kier molecular flexibility index (Phi) is 9.62. The van der Waals surface area contributed by atoms with Gasteiger partial charge in [-0.2, -0.15) is 17.9 Å². The smallest absolute Gasteiger partial charge is 0.385 e. The molecule has 0 saturated carbocycles. The molecule has 0 spiro atoms. The zero-order valence-electron chi connectivity index (χ0n) is 20.3. The van der Waals surface area contributed by atoms with Crippen LogP contribution in [-0.4, -0.2) is 51.0 Å². The van der Waals surface area contributed by atoms with Crippen molar-refractivity contribution in [1.29, 1.82) is 5.41 Å².